The second-order valence-corrected chi connectivity index (χ2v) is 16.3. The molecule has 0 saturated carbocycles. The van der Waals surface area contributed by atoms with Crippen LogP contribution in [-0.2, 0) is 10.8 Å². The molecule has 56 heavy (non-hydrogen) atoms. The van der Waals surface area contributed by atoms with E-state index in [1.54, 1.807) is 6.07 Å². The van der Waals surface area contributed by atoms with Gasteiger partial charge in [0.15, 0.2) is 5.82 Å². The highest BCUT2D eigenvalue weighted by Gasteiger charge is 2.38. The Hall–Kier alpha value is -6.88. The fourth-order valence-electron chi connectivity index (χ4n) is 9.56. The van der Waals surface area contributed by atoms with Crippen LogP contribution in [-0.4, -0.2) is 9.97 Å². The molecule has 0 unspecified atom stereocenters. The molecule has 7 aromatic rings. The predicted octanol–water partition coefficient (Wildman–Crippen LogP) is 12.7. The van der Waals surface area contributed by atoms with Crippen molar-refractivity contribution in [1.82, 2.24) is 9.97 Å². The average molecular weight is 719 g/mol. The van der Waals surface area contributed by atoms with Gasteiger partial charge in [-0.2, -0.15) is 10.5 Å². The SMILES string of the molecule is CC1(C)C2=C(CCC=C2)c2ccc(-c3cc(-c4ccc5c(c4)C(C)(C)c4ccccc4-5)c4nc(-c5ccccc5C#N)nc(-c5ccccc5C#N)c4c3)cc21. The fourth-order valence-corrected chi connectivity index (χ4v) is 9.56. The number of fused-ring (bicyclic) bond motifs is 6. The molecule has 6 aromatic carbocycles. The first-order valence-corrected chi connectivity index (χ1v) is 19.3. The van der Waals surface area contributed by atoms with E-state index in [2.05, 4.69) is 125 Å². The van der Waals surface area contributed by atoms with Gasteiger partial charge >= 0.3 is 0 Å². The van der Waals surface area contributed by atoms with Gasteiger partial charge in [0, 0.05) is 32.9 Å². The minimum Gasteiger partial charge on any atom is -0.227 e. The molecule has 3 aliphatic rings. The van der Waals surface area contributed by atoms with Crippen molar-refractivity contribution >= 4 is 16.5 Å². The van der Waals surface area contributed by atoms with Gasteiger partial charge in [0.25, 0.3) is 0 Å². The fraction of sp³-hybridized carbons (Fsp3) is 0.154. The molecular weight excluding hydrogens is 681 g/mol. The molecule has 266 valence electrons. The number of hydrogen-bond acceptors (Lipinski definition) is 4. The Morgan fingerprint density at radius 1 is 0.536 bits per heavy atom. The van der Waals surface area contributed by atoms with E-state index in [1.165, 1.54) is 44.5 Å². The summed E-state index contributed by atoms with van der Waals surface area (Å²) < 4.78 is 0. The highest BCUT2D eigenvalue weighted by Crippen LogP contribution is 2.52. The zero-order chi connectivity index (χ0) is 38.3. The van der Waals surface area contributed by atoms with Crippen molar-refractivity contribution < 1.29 is 0 Å². The van der Waals surface area contributed by atoms with Gasteiger partial charge in [-0.3, -0.25) is 0 Å². The van der Waals surface area contributed by atoms with Crippen molar-refractivity contribution in [3.8, 4) is 68.2 Å². The van der Waals surface area contributed by atoms with Crippen LogP contribution < -0.4 is 0 Å². The van der Waals surface area contributed by atoms with E-state index in [1.807, 2.05) is 42.5 Å². The summed E-state index contributed by atoms with van der Waals surface area (Å²) in [5, 5.41) is 21.4. The third kappa shape index (κ3) is 4.89. The molecule has 3 aliphatic carbocycles. The maximum atomic E-state index is 10.4. The summed E-state index contributed by atoms with van der Waals surface area (Å²) in [6, 6.07) is 46.9. The maximum absolute atomic E-state index is 10.4. The Bertz CT molecular complexity index is 3000. The summed E-state index contributed by atoms with van der Waals surface area (Å²) in [4.78, 5) is 10.6. The number of allylic oxidation sites excluding steroid dienone is 4. The van der Waals surface area contributed by atoms with Gasteiger partial charge in [0.2, 0.25) is 0 Å². The molecule has 0 amide bonds. The Kier molecular flexibility index (Phi) is 7.41. The number of nitrogens with zero attached hydrogens (tertiary/aromatic N) is 4. The summed E-state index contributed by atoms with van der Waals surface area (Å²) in [5.41, 5.74) is 18.5. The van der Waals surface area contributed by atoms with Crippen molar-refractivity contribution in [3.05, 3.63) is 172 Å². The molecule has 4 nitrogen and oxygen atoms in total. The number of aromatic nitrogens is 2. The van der Waals surface area contributed by atoms with Crippen LogP contribution >= 0.6 is 0 Å². The van der Waals surface area contributed by atoms with Crippen LogP contribution in [0.2, 0.25) is 0 Å². The van der Waals surface area contributed by atoms with Crippen LogP contribution in [0.5, 0.6) is 0 Å². The molecule has 0 fully saturated rings. The van der Waals surface area contributed by atoms with Crippen molar-refractivity contribution in [3.63, 3.8) is 0 Å². The lowest BCUT2D eigenvalue weighted by Crippen LogP contribution is -2.16. The number of benzene rings is 6. The van der Waals surface area contributed by atoms with Crippen LogP contribution in [0.1, 0.15) is 73.9 Å². The van der Waals surface area contributed by atoms with E-state index in [4.69, 9.17) is 9.97 Å². The van der Waals surface area contributed by atoms with Crippen LogP contribution in [0.3, 0.4) is 0 Å². The van der Waals surface area contributed by atoms with Gasteiger partial charge in [0.1, 0.15) is 0 Å². The summed E-state index contributed by atoms with van der Waals surface area (Å²) in [5.74, 6) is 0.448. The van der Waals surface area contributed by atoms with Crippen LogP contribution in [0.4, 0.5) is 0 Å². The third-order valence-corrected chi connectivity index (χ3v) is 12.5. The molecule has 0 aliphatic heterocycles. The molecular formula is C52H38N4. The monoisotopic (exact) mass is 718 g/mol. The van der Waals surface area contributed by atoms with E-state index in [0.29, 0.717) is 28.2 Å². The Balaban J connectivity index is 1.29. The molecule has 0 spiro atoms. The normalized spacial score (nSPS) is 15.5. The second kappa shape index (κ2) is 12.3. The second-order valence-electron chi connectivity index (χ2n) is 16.3. The van der Waals surface area contributed by atoms with E-state index in [-0.39, 0.29) is 10.8 Å². The zero-order valence-electron chi connectivity index (χ0n) is 31.9. The van der Waals surface area contributed by atoms with Gasteiger partial charge in [-0.15, -0.1) is 0 Å². The smallest absolute Gasteiger partial charge is 0.161 e. The molecule has 10 rings (SSSR count). The minimum atomic E-state index is -0.190. The van der Waals surface area contributed by atoms with E-state index < -0.39 is 0 Å². The Morgan fingerprint density at radius 3 is 1.95 bits per heavy atom. The van der Waals surface area contributed by atoms with Crippen molar-refractivity contribution in [2.24, 2.45) is 0 Å². The third-order valence-electron chi connectivity index (χ3n) is 12.5. The first-order chi connectivity index (χ1) is 27.2. The lowest BCUT2D eigenvalue weighted by molar-refractivity contribution is 0.651. The Labute approximate surface area is 327 Å². The largest absolute Gasteiger partial charge is 0.227 e. The molecule has 0 radical (unpaired) electrons. The average Bonchev–Trinajstić information content (AvgIpc) is 3.61. The van der Waals surface area contributed by atoms with Crippen molar-refractivity contribution in [2.75, 3.05) is 0 Å². The first-order valence-electron chi connectivity index (χ1n) is 19.3. The van der Waals surface area contributed by atoms with Gasteiger partial charge in [-0.05, 0) is 117 Å². The summed E-state index contributed by atoms with van der Waals surface area (Å²) in [7, 11) is 0. The highest BCUT2D eigenvalue weighted by atomic mass is 14.9. The number of hydrogen-bond donors (Lipinski definition) is 0. The molecule has 4 heteroatoms. The highest BCUT2D eigenvalue weighted by molar-refractivity contribution is 6.05. The van der Waals surface area contributed by atoms with Crippen LogP contribution in [0, 0.1) is 22.7 Å². The molecule has 0 N–H and O–H groups in total. The topological polar surface area (TPSA) is 73.4 Å². The molecule has 0 atom stereocenters. The maximum Gasteiger partial charge on any atom is 0.161 e. The van der Waals surface area contributed by atoms with E-state index >= 15 is 0 Å². The summed E-state index contributed by atoms with van der Waals surface area (Å²) >= 11 is 0. The Morgan fingerprint density at radius 2 is 1.16 bits per heavy atom. The van der Waals surface area contributed by atoms with Crippen molar-refractivity contribution in [1.29, 1.82) is 10.5 Å². The summed E-state index contributed by atoms with van der Waals surface area (Å²) in [6.45, 7) is 9.30. The standard InChI is InChI=1S/C52H38N4/c1-51(2)44-19-11-9-17-38(44)40-23-21-31(27-46(40)51)35-25-42(32-22-24-41-39-18-10-12-20-45(39)52(3,4)47(41)28-32)49-43(26-35)48(36-15-7-5-13-33(36)29-53)55-50(56-49)37-16-8-6-14-34(37)30-54/h5-8,10-16,18-28H,9,17H2,1-4H3. The van der Waals surface area contributed by atoms with E-state index in [9.17, 15) is 10.5 Å². The van der Waals surface area contributed by atoms with Gasteiger partial charge in [-0.1, -0.05) is 119 Å². The molecule has 1 heterocycles. The molecule has 0 saturated heterocycles. The summed E-state index contributed by atoms with van der Waals surface area (Å²) in [6.07, 6.45) is 6.78. The number of nitriles is 2. The lowest BCUT2D eigenvalue weighted by Gasteiger charge is -2.24. The van der Waals surface area contributed by atoms with Gasteiger partial charge in [0.05, 0.1) is 34.5 Å². The minimum absolute atomic E-state index is 0.110. The predicted molar refractivity (Wildman–Crippen MR) is 227 cm³/mol. The lowest BCUT2D eigenvalue weighted by atomic mass is 9.79. The zero-order valence-corrected chi connectivity index (χ0v) is 31.9. The van der Waals surface area contributed by atoms with Crippen LogP contribution in [0.25, 0.3) is 72.5 Å². The van der Waals surface area contributed by atoms with Crippen LogP contribution in [0.15, 0.2) is 139 Å². The number of rotatable bonds is 4. The molecule has 1 aromatic heterocycles. The van der Waals surface area contributed by atoms with Gasteiger partial charge in [-0.25, -0.2) is 9.97 Å². The van der Waals surface area contributed by atoms with Crippen molar-refractivity contribution in [2.45, 2.75) is 51.4 Å². The van der Waals surface area contributed by atoms with Gasteiger partial charge < -0.3 is 0 Å². The molecule has 0 bridgehead atoms. The first kappa shape index (κ1) is 33.7. The van der Waals surface area contributed by atoms with E-state index in [0.717, 1.165) is 51.6 Å². The quantitative estimate of drug-likeness (QED) is 0.182.